The molecule has 0 amide bonds. The van der Waals surface area contributed by atoms with E-state index in [2.05, 4.69) is 46.7 Å². The van der Waals surface area contributed by atoms with E-state index in [9.17, 15) is 0 Å². The lowest BCUT2D eigenvalue weighted by Gasteiger charge is -2.21. The lowest BCUT2D eigenvalue weighted by atomic mass is 10.2. The van der Waals surface area contributed by atoms with Gasteiger partial charge < -0.3 is 4.57 Å². The molecule has 3 rings (SSSR count). The number of rotatable bonds is 7. The summed E-state index contributed by atoms with van der Waals surface area (Å²) in [5.41, 5.74) is 3.22. The van der Waals surface area contributed by atoms with Gasteiger partial charge in [-0.3, -0.25) is 4.90 Å². The van der Waals surface area contributed by atoms with Gasteiger partial charge in [-0.25, -0.2) is 4.98 Å². The van der Waals surface area contributed by atoms with Crippen LogP contribution in [0.4, 0.5) is 0 Å². The van der Waals surface area contributed by atoms with Crippen molar-refractivity contribution in [2.75, 3.05) is 13.1 Å². The highest BCUT2D eigenvalue weighted by Gasteiger charge is 2.16. The van der Waals surface area contributed by atoms with Crippen molar-refractivity contribution in [2.24, 2.45) is 5.92 Å². The van der Waals surface area contributed by atoms with Gasteiger partial charge in [0.05, 0.1) is 29.6 Å². The van der Waals surface area contributed by atoms with E-state index < -0.39 is 0 Å². The molecule has 1 aromatic heterocycles. The summed E-state index contributed by atoms with van der Waals surface area (Å²) in [5.74, 6) is 0.995. The Bertz CT molecular complexity index is 911. The molecular formula is C21H23ClN4. The third kappa shape index (κ3) is 4.24. The molecule has 1 heterocycles. The predicted molar refractivity (Wildman–Crippen MR) is 106 cm³/mol. The first-order valence-electron chi connectivity index (χ1n) is 8.91. The van der Waals surface area contributed by atoms with Crippen molar-refractivity contribution in [1.29, 1.82) is 5.26 Å². The van der Waals surface area contributed by atoms with E-state index in [-0.39, 0.29) is 5.92 Å². The Labute approximate surface area is 159 Å². The summed E-state index contributed by atoms with van der Waals surface area (Å²) in [6.07, 6.45) is 0. The molecule has 0 aliphatic heterocycles. The van der Waals surface area contributed by atoms with Crippen molar-refractivity contribution in [3.63, 3.8) is 0 Å². The molecule has 0 aliphatic rings. The molecule has 3 aromatic rings. The van der Waals surface area contributed by atoms with Crippen LogP contribution < -0.4 is 0 Å². The molecule has 0 radical (unpaired) electrons. The van der Waals surface area contributed by atoms with Gasteiger partial charge in [-0.05, 0) is 37.2 Å². The van der Waals surface area contributed by atoms with Crippen LogP contribution in [0.2, 0.25) is 5.02 Å². The Morgan fingerprint density at radius 1 is 1.23 bits per heavy atom. The van der Waals surface area contributed by atoms with E-state index in [1.807, 2.05) is 31.2 Å². The number of nitrogens with zero attached hydrogens (tertiary/aromatic N) is 4. The van der Waals surface area contributed by atoms with Gasteiger partial charge in [-0.2, -0.15) is 5.26 Å². The molecule has 0 bridgehead atoms. The van der Waals surface area contributed by atoms with Crippen LogP contribution >= 0.6 is 11.6 Å². The van der Waals surface area contributed by atoms with Crippen molar-refractivity contribution in [2.45, 2.75) is 26.9 Å². The summed E-state index contributed by atoms with van der Waals surface area (Å²) in [4.78, 5) is 7.11. The average molecular weight is 367 g/mol. The highest BCUT2D eigenvalue weighted by Crippen LogP contribution is 2.23. The number of imidazole rings is 1. The summed E-state index contributed by atoms with van der Waals surface area (Å²) in [6, 6.07) is 18.6. The van der Waals surface area contributed by atoms with E-state index in [0.717, 1.165) is 36.5 Å². The van der Waals surface area contributed by atoms with Gasteiger partial charge in [0.25, 0.3) is 0 Å². The molecule has 1 unspecified atom stereocenters. The van der Waals surface area contributed by atoms with Gasteiger partial charge >= 0.3 is 0 Å². The maximum Gasteiger partial charge on any atom is 0.124 e. The van der Waals surface area contributed by atoms with Crippen molar-refractivity contribution in [3.05, 3.63) is 64.9 Å². The van der Waals surface area contributed by atoms with Gasteiger partial charge in [0.2, 0.25) is 0 Å². The maximum atomic E-state index is 9.13. The van der Waals surface area contributed by atoms with Crippen LogP contribution in [0.25, 0.3) is 11.0 Å². The molecule has 4 nitrogen and oxygen atoms in total. The summed E-state index contributed by atoms with van der Waals surface area (Å²) in [6.45, 7) is 7.16. The fourth-order valence-electron chi connectivity index (χ4n) is 3.15. The first-order chi connectivity index (χ1) is 12.6. The van der Waals surface area contributed by atoms with Crippen molar-refractivity contribution in [3.8, 4) is 6.07 Å². The second-order valence-electron chi connectivity index (χ2n) is 6.59. The molecule has 0 spiro atoms. The average Bonchev–Trinajstić information content (AvgIpc) is 2.98. The fraction of sp³-hybridized carbons (Fsp3) is 0.333. The van der Waals surface area contributed by atoms with E-state index in [4.69, 9.17) is 21.8 Å². The van der Waals surface area contributed by atoms with Crippen LogP contribution in [0.3, 0.4) is 0 Å². The summed E-state index contributed by atoms with van der Waals surface area (Å²) in [5, 5.41) is 9.82. The number of halogens is 1. The minimum absolute atomic E-state index is 0.00338. The van der Waals surface area contributed by atoms with E-state index >= 15 is 0 Å². The predicted octanol–water partition coefficient (Wildman–Crippen LogP) is 4.72. The lowest BCUT2D eigenvalue weighted by Crippen LogP contribution is -2.29. The highest BCUT2D eigenvalue weighted by atomic mass is 35.5. The Morgan fingerprint density at radius 3 is 2.69 bits per heavy atom. The molecule has 134 valence electrons. The first kappa shape index (κ1) is 18.4. The summed E-state index contributed by atoms with van der Waals surface area (Å²) < 4.78 is 2.25. The number of hydrogen-bond acceptors (Lipinski definition) is 3. The maximum absolute atomic E-state index is 9.13. The molecule has 0 N–H and O–H groups in total. The number of benzene rings is 2. The highest BCUT2D eigenvalue weighted by molar-refractivity contribution is 6.31. The minimum Gasteiger partial charge on any atom is -0.322 e. The van der Waals surface area contributed by atoms with Crippen molar-refractivity contribution in [1.82, 2.24) is 14.5 Å². The third-order valence-electron chi connectivity index (χ3n) is 4.54. The van der Waals surface area contributed by atoms with Crippen LogP contribution in [0.5, 0.6) is 0 Å². The van der Waals surface area contributed by atoms with Crippen molar-refractivity contribution < 1.29 is 0 Å². The van der Waals surface area contributed by atoms with E-state index in [1.54, 1.807) is 0 Å². The van der Waals surface area contributed by atoms with Crippen LogP contribution in [0.1, 0.15) is 25.2 Å². The molecule has 0 saturated carbocycles. The molecular weight excluding hydrogens is 344 g/mol. The van der Waals surface area contributed by atoms with Gasteiger partial charge in [0, 0.05) is 18.1 Å². The molecule has 0 saturated heterocycles. The van der Waals surface area contributed by atoms with Gasteiger partial charge in [-0.15, -0.1) is 0 Å². The SMILES string of the molecule is CCN(Cc1nc2cc(Cl)ccc2n1Cc1ccccc1)CC(C)C#N. The topological polar surface area (TPSA) is 44.9 Å². The lowest BCUT2D eigenvalue weighted by molar-refractivity contribution is 0.251. The Hall–Kier alpha value is -2.35. The Kier molecular flexibility index (Phi) is 5.92. The normalized spacial score (nSPS) is 12.4. The van der Waals surface area contributed by atoms with Gasteiger partial charge in [-0.1, -0.05) is 48.9 Å². The number of hydrogen-bond donors (Lipinski definition) is 0. The van der Waals surface area contributed by atoms with Crippen LogP contribution in [-0.4, -0.2) is 27.5 Å². The molecule has 0 fully saturated rings. The molecule has 2 aromatic carbocycles. The molecule has 0 aliphatic carbocycles. The van der Waals surface area contributed by atoms with Crippen molar-refractivity contribution >= 4 is 22.6 Å². The Balaban J connectivity index is 1.97. The smallest absolute Gasteiger partial charge is 0.124 e. The van der Waals surface area contributed by atoms with Crippen LogP contribution in [0.15, 0.2) is 48.5 Å². The number of aromatic nitrogens is 2. The minimum atomic E-state index is -0.00338. The first-order valence-corrected chi connectivity index (χ1v) is 9.29. The zero-order chi connectivity index (χ0) is 18.5. The summed E-state index contributed by atoms with van der Waals surface area (Å²) >= 11 is 6.17. The fourth-order valence-corrected chi connectivity index (χ4v) is 3.32. The Morgan fingerprint density at radius 2 is 2.00 bits per heavy atom. The standard InChI is InChI=1S/C21H23ClN4/c1-3-25(13-16(2)12-23)15-21-24-19-11-18(22)9-10-20(19)26(21)14-17-7-5-4-6-8-17/h4-11,16H,3,13-15H2,1-2H3. The zero-order valence-corrected chi connectivity index (χ0v) is 15.9. The monoisotopic (exact) mass is 366 g/mol. The third-order valence-corrected chi connectivity index (χ3v) is 4.77. The largest absolute Gasteiger partial charge is 0.322 e. The summed E-state index contributed by atoms with van der Waals surface area (Å²) in [7, 11) is 0. The second kappa shape index (κ2) is 8.35. The van der Waals surface area contributed by atoms with Crippen LogP contribution in [-0.2, 0) is 13.1 Å². The second-order valence-corrected chi connectivity index (χ2v) is 7.03. The van der Waals surface area contributed by atoms with E-state index in [0.29, 0.717) is 11.6 Å². The quantitative estimate of drug-likeness (QED) is 0.607. The zero-order valence-electron chi connectivity index (χ0n) is 15.2. The van der Waals surface area contributed by atoms with Crippen LogP contribution in [0, 0.1) is 17.2 Å². The van der Waals surface area contributed by atoms with E-state index in [1.165, 1.54) is 5.56 Å². The van der Waals surface area contributed by atoms with Gasteiger partial charge in [0.15, 0.2) is 0 Å². The molecule has 5 heteroatoms. The number of fused-ring (bicyclic) bond motifs is 1. The number of nitriles is 1. The molecule has 1 atom stereocenters. The van der Waals surface area contributed by atoms with Gasteiger partial charge in [0.1, 0.15) is 5.82 Å². The molecule has 26 heavy (non-hydrogen) atoms.